The molecule has 2 aromatic heterocycles. The van der Waals surface area contributed by atoms with Crippen molar-refractivity contribution in [2.45, 2.75) is 25.3 Å². The minimum atomic E-state index is -0.525. The van der Waals surface area contributed by atoms with Gasteiger partial charge in [0, 0.05) is 24.7 Å². The van der Waals surface area contributed by atoms with Crippen molar-refractivity contribution in [1.29, 1.82) is 5.26 Å². The number of nitrogen functional groups attached to an aromatic ring is 1. The number of nitriles is 1. The Kier molecular flexibility index (Phi) is 5.97. The van der Waals surface area contributed by atoms with Crippen LogP contribution in [-0.4, -0.2) is 43.6 Å². The van der Waals surface area contributed by atoms with E-state index in [1.54, 1.807) is 33.8 Å². The number of rotatable bonds is 5. The summed E-state index contributed by atoms with van der Waals surface area (Å²) in [5.41, 5.74) is 7.21. The van der Waals surface area contributed by atoms with Gasteiger partial charge in [0.25, 0.3) is 0 Å². The first-order valence-electron chi connectivity index (χ1n) is 11.2. The van der Waals surface area contributed by atoms with Crippen molar-refractivity contribution in [3.63, 3.8) is 0 Å². The number of halogens is 1. The molecule has 1 aliphatic heterocycles. The number of fused-ring (bicyclic) bond motifs is 1. The Bertz CT molecular complexity index is 1430. The van der Waals surface area contributed by atoms with Crippen molar-refractivity contribution in [2.24, 2.45) is 0 Å². The van der Waals surface area contributed by atoms with E-state index in [9.17, 15) is 4.79 Å². The van der Waals surface area contributed by atoms with Gasteiger partial charge in [0.1, 0.15) is 41.6 Å². The number of hydrogen-bond donors (Lipinski definition) is 1. The van der Waals surface area contributed by atoms with Crippen LogP contribution in [0.4, 0.5) is 10.2 Å². The fourth-order valence-corrected chi connectivity index (χ4v) is 4.37. The van der Waals surface area contributed by atoms with E-state index in [2.05, 4.69) is 9.97 Å². The molecule has 1 unspecified atom stereocenters. The number of amides is 1. The van der Waals surface area contributed by atoms with E-state index in [1.165, 1.54) is 12.4 Å². The highest BCUT2D eigenvalue weighted by Gasteiger charge is 2.29. The Hall–Kier alpha value is -4.52. The molecule has 5 rings (SSSR count). The number of benzene rings is 2. The highest BCUT2D eigenvalue weighted by Crippen LogP contribution is 2.36. The molecule has 1 saturated heterocycles. The molecule has 0 spiro atoms. The SMILES string of the molecule is N#CCC(=O)N1CCCC(n2nc(-c3ccc(Oc4ccccc4)cc3F)c3c(N)ncnc32)C1. The number of anilines is 1. The van der Waals surface area contributed by atoms with E-state index >= 15 is 4.39 Å². The van der Waals surface area contributed by atoms with Crippen LogP contribution in [0.2, 0.25) is 0 Å². The van der Waals surface area contributed by atoms with Crippen molar-refractivity contribution >= 4 is 22.8 Å². The van der Waals surface area contributed by atoms with Crippen LogP contribution in [0.1, 0.15) is 25.3 Å². The second kappa shape index (κ2) is 9.38. The molecule has 176 valence electrons. The summed E-state index contributed by atoms with van der Waals surface area (Å²) in [6.45, 7) is 0.963. The minimum Gasteiger partial charge on any atom is -0.457 e. The molecular weight excluding hydrogens is 449 g/mol. The van der Waals surface area contributed by atoms with Crippen LogP contribution < -0.4 is 10.5 Å². The second-order valence-electron chi connectivity index (χ2n) is 8.28. The van der Waals surface area contributed by atoms with E-state index in [1.807, 2.05) is 24.3 Å². The Morgan fingerprint density at radius 3 is 2.80 bits per heavy atom. The Morgan fingerprint density at radius 1 is 1.20 bits per heavy atom. The number of hydrogen-bond acceptors (Lipinski definition) is 7. The number of likely N-dealkylation sites (tertiary alicyclic amines) is 1. The van der Waals surface area contributed by atoms with Gasteiger partial charge in [-0.15, -0.1) is 0 Å². The topological polar surface area (TPSA) is 123 Å². The first kappa shape index (κ1) is 22.3. The molecule has 35 heavy (non-hydrogen) atoms. The minimum absolute atomic E-state index is 0.171. The second-order valence-corrected chi connectivity index (χ2v) is 8.28. The lowest BCUT2D eigenvalue weighted by Crippen LogP contribution is -2.40. The van der Waals surface area contributed by atoms with Crippen LogP contribution in [0.3, 0.4) is 0 Å². The van der Waals surface area contributed by atoms with Crippen molar-refractivity contribution in [1.82, 2.24) is 24.6 Å². The molecule has 0 aliphatic carbocycles. The third-order valence-electron chi connectivity index (χ3n) is 6.02. The normalized spacial score (nSPS) is 15.7. The molecule has 10 heteroatoms. The van der Waals surface area contributed by atoms with E-state index in [-0.39, 0.29) is 29.8 Å². The Balaban J connectivity index is 1.52. The standard InChI is InChI=1S/C25H22FN7O2/c26-20-13-18(35-17-6-2-1-3-7-17)8-9-19(20)23-22-24(28)29-15-30-25(22)33(31-23)16-5-4-12-32(14-16)21(34)10-11-27/h1-3,6-9,13,15-16H,4-5,10,12,14H2,(H2,28,29,30). The van der Waals surface area contributed by atoms with Crippen LogP contribution in [0.5, 0.6) is 11.5 Å². The molecule has 9 nitrogen and oxygen atoms in total. The molecule has 1 fully saturated rings. The summed E-state index contributed by atoms with van der Waals surface area (Å²) < 4.78 is 22.7. The summed E-state index contributed by atoms with van der Waals surface area (Å²) in [6.07, 6.45) is 2.67. The number of nitrogens with two attached hydrogens (primary N) is 1. The first-order valence-corrected chi connectivity index (χ1v) is 11.2. The summed E-state index contributed by atoms with van der Waals surface area (Å²) in [5, 5.41) is 14.0. The van der Waals surface area contributed by atoms with E-state index < -0.39 is 5.82 Å². The molecule has 0 saturated carbocycles. The zero-order chi connectivity index (χ0) is 24.4. The van der Waals surface area contributed by atoms with Crippen LogP contribution in [0, 0.1) is 17.1 Å². The molecule has 2 aromatic carbocycles. The fourth-order valence-electron chi connectivity index (χ4n) is 4.37. The summed E-state index contributed by atoms with van der Waals surface area (Å²) in [6, 6.07) is 15.4. The average molecular weight is 471 g/mol. The van der Waals surface area contributed by atoms with Gasteiger partial charge in [0.05, 0.1) is 17.5 Å². The van der Waals surface area contributed by atoms with Crippen LogP contribution in [0.15, 0.2) is 54.9 Å². The number of aromatic nitrogens is 4. The van der Waals surface area contributed by atoms with Crippen molar-refractivity contribution in [2.75, 3.05) is 18.8 Å². The van der Waals surface area contributed by atoms with Gasteiger partial charge in [-0.1, -0.05) is 18.2 Å². The first-order chi connectivity index (χ1) is 17.0. The van der Waals surface area contributed by atoms with Crippen LogP contribution >= 0.6 is 0 Å². The van der Waals surface area contributed by atoms with E-state index in [0.29, 0.717) is 41.3 Å². The van der Waals surface area contributed by atoms with Crippen LogP contribution in [0.25, 0.3) is 22.3 Å². The molecule has 4 aromatic rings. The monoisotopic (exact) mass is 471 g/mol. The maximum atomic E-state index is 15.3. The van der Waals surface area contributed by atoms with Crippen molar-refractivity contribution in [3.05, 3.63) is 60.7 Å². The molecule has 1 aliphatic rings. The molecular formula is C25H22FN7O2. The Labute approximate surface area is 200 Å². The number of carbonyl (C=O) groups excluding carboxylic acids is 1. The molecule has 3 heterocycles. The van der Waals surface area contributed by atoms with Gasteiger partial charge >= 0.3 is 0 Å². The lowest BCUT2D eigenvalue weighted by Gasteiger charge is -2.32. The lowest BCUT2D eigenvalue weighted by atomic mass is 10.1. The highest BCUT2D eigenvalue weighted by molar-refractivity contribution is 5.98. The molecule has 0 bridgehead atoms. The van der Waals surface area contributed by atoms with Crippen molar-refractivity contribution < 1.29 is 13.9 Å². The smallest absolute Gasteiger partial charge is 0.236 e. The third kappa shape index (κ3) is 4.36. The number of para-hydroxylation sites is 1. The van der Waals surface area contributed by atoms with Gasteiger partial charge in [-0.2, -0.15) is 10.4 Å². The van der Waals surface area contributed by atoms with Gasteiger partial charge in [0.15, 0.2) is 5.65 Å². The third-order valence-corrected chi connectivity index (χ3v) is 6.02. The summed E-state index contributed by atoms with van der Waals surface area (Å²) in [5.74, 6) is 0.392. The van der Waals surface area contributed by atoms with E-state index in [0.717, 1.165) is 12.8 Å². The maximum Gasteiger partial charge on any atom is 0.236 e. The number of carbonyl (C=O) groups is 1. The predicted molar refractivity (Wildman–Crippen MR) is 127 cm³/mol. The maximum absolute atomic E-state index is 15.3. The molecule has 2 N–H and O–H groups in total. The van der Waals surface area contributed by atoms with Gasteiger partial charge in [0.2, 0.25) is 5.91 Å². The van der Waals surface area contributed by atoms with Gasteiger partial charge < -0.3 is 15.4 Å². The fraction of sp³-hybridized carbons (Fsp3) is 0.240. The highest BCUT2D eigenvalue weighted by atomic mass is 19.1. The summed E-state index contributed by atoms with van der Waals surface area (Å²) in [7, 11) is 0. The largest absolute Gasteiger partial charge is 0.457 e. The summed E-state index contributed by atoms with van der Waals surface area (Å²) >= 11 is 0. The molecule has 1 amide bonds. The van der Waals surface area contributed by atoms with Gasteiger partial charge in [-0.05, 0) is 37.1 Å². The van der Waals surface area contributed by atoms with Gasteiger partial charge in [-0.3, -0.25) is 4.79 Å². The average Bonchev–Trinajstić information content (AvgIpc) is 3.26. The van der Waals surface area contributed by atoms with Gasteiger partial charge in [-0.25, -0.2) is 19.0 Å². The Morgan fingerprint density at radius 2 is 2.03 bits per heavy atom. The molecule has 0 radical (unpaired) electrons. The van der Waals surface area contributed by atoms with Crippen molar-refractivity contribution in [3.8, 4) is 28.8 Å². The number of piperidine rings is 1. The molecule has 1 atom stereocenters. The summed E-state index contributed by atoms with van der Waals surface area (Å²) in [4.78, 5) is 22.4. The number of ether oxygens (including phenoxy) is 1. The zero-order valence-corrected chi connectivity index (χ0v) is 18.8. The number of nitrogens with zero attached hydrogens (tertiary/aromatic N) is 6. The zero-order valence-electron chi connectivity index (χ0n) is 18.8. The predicted octanol–water partition coefficient (Wildman–Crippen LogP) is 4.08. The van der Waals surface area contributed by atoms with E-state index in [4.69, 9.17) is 20.8 Å². The quantitative estimate of drug-likeness (QED) is 0.465. The van der Waals surface area contributed by atoms with Crippen LogP contribution in [-0.2, 0) is 4.79 Å². The lowest BCUT2D eigenvalue weighted by molar-refractivity contribution is -0.131.